The number of carbonyl (C=O) groups excluding carboxylic acids is 1. The van der Waals surface area contributed by atoms with Crippen molar-refractivity contribution >= 4 is 41.8 Å². The van der Waals surface area contributed by atoms with Gasteiger partial charge in [0, 0.05) is 0 Å². The Balaban J connectivity index is 0. The van der Waals surface area contributed by atoms with E-state index in [2.05, 4.69) is 0 Å². The van der Waals surface area contributed by atoms with Crippen molar-refractivity contribution in [2.75, 3.05) is 0 Å². The molecule has 0 radical (unpaired) electrons. The summed E-state index contributed by atoms with van der Waals surface area (Å²) in [6.45, 7) is 0. The van der Waals surface area contributed by atoms with Crippen LogP contribution in [0.15, 0.2) is 0 Å². The SMILES string of the molecule is O=CC(=O)O.[NaH]. The predicted molar refractivity (Wildman–Crippen MR) is 20.8 cm³/mol. The van der Waals surface area contributed by atoms with Crippen LogP contribution in [0.3, 0.4) is 0 Å². The molecular formula is C2H3NaO3. The molecule has 0 aromatic heterocycles. The number of rotatable bonds is 1. The van der Waals surface area contributed by atoms with Gasteiger partial charge in [-0.2, -0.15) is 0 Å². The molecule has 1 N–H and O–H groups in total. The molecule has 0 heterocycles. The standard InChI is InChI=1S/C2H2O3.Na.H/c3-1-2(4)5;;/h1H,(H,4,5);;. The normalized spacial score (nSPS) is 5.33. The van der Waals surface area contributed by atoms with Crippen LogP contribution in [0.4, 0.5) is 0 Å². The summed E-state index contributed by atoms with van der Waals surface area (Å²) >= 11 is 0. The van der Waals surface area contributed by atoms with Crippen molar-refractivity contribution in [1.29, 1.82) is 0 Å². The van der Waals surface area contributed by atoms with E-state index in [1.165, 1.54) is 0 Å². The molecule has 4 heteroatoms. The molecule has 3 nitrogen and oxygen atoms in total. The zero-order valence-corrected chi connectivity index (χ0v) is 2.34. The van der Waals surface area contributed by atoms with E-state index in [0.717, 1.165) is 0 Å². The van der Waals surface area contributed by atoms with Gasteiger partial charge in [-0.3, -0.25) is 4.79 Å². The van der Waals surface area contributed by atoms with Crippen molar-refractivity contribution in [3.63, 3.8) is 0 Å². The van der Waals surface area contributed by atoms with Crippen LogP contribution in [0.25, 0.3) is 0 Å². The monoisotopic (exact) mass is 98.0 g/mol. The molecule has 0 fully saturated rings. The van der Waals surface area contributed by atoms with Gasteiger partial charge in [-0.25, -0.2) is 4.79 Å². The van der Waals surface area contributed by atoms with Crippen LogP contribution in [0.2, 0.25) is 0 Å². The molecule has 30 valence electrons. The Bertz CT molecular complexity index is 59.8. The average molecular weight is 98.0 g/mol. The first-order valence-electron chi connectivity index (χ1n) is 0.952. The third-order valence-corrected chi connectivity index (χ3v) is 0.101. The van der Waals surface area contributed by atoms with Crippen LogP contribution < -0.4 is 0 Å². The van der Waals surface area contributed by atoms with Gasteiger partial charge in [-0.15, -0.1) is 0 Å². The van der Waals surface area contributed by atoms with Gasteiger partial charge in [0.05, 0.1) is 0 Å². The van der Waals surface area contributed by atoms with Gasteiger partial charge in [0.25, 0.3) is 0 Å². The first kappa shape index (κ1) is 9.46. The number of aliphatic carboxylic acids is 1. The minimum atomic E-state index is -1.43. The van der Waals surface area contributed by atoms with Crippen LogP contribution in [0.5, 0.6) is 0 Å². The molecule has 6 heavy (non-hydrogen) atoms. The summed E-state index contributed by atoms with van der Waals surface area (Å²) in [5.74, 6) is -1.43. The fraction of sp³-hybridized carbons (Fsp3) is 0. The number of carbonyl (C=O) groups is 2. The molecule has 0 atom stereocenters. The zero-order valence-electron chi connectivity index (χ0n) is 2.34. The number of carboxylic acids is 1. The summed E-state index contributed by atoms with van der Waals surface area (Å²) in [6, 6.07) is 0. The summed E-state index contributed by atoms with van der Waals surface area (Å²) in [4.78, 5) is 17.9. The third kappa shape index (κ3) is 8.91. The number of hydrogen-bond donors (Lipinski definition) is 1. The first-order valence-corrected chi connectivity index (χ1v) is 0.952. The molecule has 0 aromatic carbocycles. The quantitative estimate of drug-likeness (QED) is 0.250. The van der Waals surface area contributed by atoms with Gasteiger partial charge in [0.15, 0.2) is 0 Å². The van der Waals surface area contributed by atoms with E-state index in [9.17, 15) is 0 Å². The van der Waals surface area contributed by atoms with E-state index in [4.69, 9.17) is 14.7 Å². The van der Waals surface area contributed by atoms with E-state index in [-0.39, 0.29) is 35.8 Å². The summed E-state index contributed by atoms with van der Waals surface area (Å²) in [7, 11) is 0. The Morgan fingerprint density at radius 1 is 1.67 bits per heavy atom. The second-order valence-electron chi connectivity index (χ2n) is 0.456. The van der Waals surface area contributed by atoms with Crippen molar-refractivity contribution in [2.45, 2.75) is 0 Å². The minimum absolute atomic E-state index is 0. The Labute approximate surface area is 56.6 Å². The summed E-state index contributed by atoms with van der Waals surface area (Å²) < 4.78 is 0. The molecule has 0 rings (SSSR count). The second kappa shape index (κ2) is 5.14. The van der Waals surface area contributed by atoms with Crippen LogP contribution >= 0.6 is 0 Å². The molecule has 0 aliphatic carbocycles. The molecule has 0 aromatic rings. The van der Waals surface area contributed by atoms with Gasteiger partial charge >= 0.3 is 35.5 Å². The number of hydrogen-bond acceptors (Lipinski definition) is 2. The van der Waals surface area contributed by atoms with Gasteiger partial charge in [-0.05, 0) is 0 Å². The van der Waals surface area contributed by atoms with Crippen molar-refractivity contribution in [1.82, 2.24) is 0 Å². The van der Waals surface area contributed by atoms with Crippen LogP contribution in [0.1, 0.15) is 0 Å². The molecule has 0 saturated carbocycles. The number of aldehydes is 1. The van der Waals surface area contributed by atoms with Crippen LogP contribution in [-0.4, -0.2) is 46.9 Å². The maximum atomic E-state index is 9.00. The van der Waals surface area contributed by atoms with E-state index in [1.54, 1.807) is 0 Å². The molecule has 0 unspecified atom stereocenters. The molecule has 0 saturated heterocycles. The average Bonchev–Trinajstić information content (AvgIpc) is 1.38. The topological polar surface area (TPSA) is 54.4 Å². The molecule has 0 amide bonds. The maximum absolute atomic E-state index is 9.00. The van der Waals surface area contributed by atoms with Crippen LogP contribution in [-0.2, 0) is 9.59 Å². The van der Waals surface area contributed by atoms with Gasteiger partial charge in [0.2, 0.25) is 6.29 Å². The van der Waals surface area contributed by atoms with Crippen LogP contribution in [0, 0.1) is 0 Å². The first-order chi connectivity index (χ1) is 2.27. The molecular weight excluding hydrogens is 95.0 g/mol. The van der Waals surface area contributed by atoms with Gasteiger partial charge in [0.1, 0.15) is 0 Å². The van der Waals surface area contributed by atoms with Gasteiger partial charge in [-0.1, -0.05) is 0 Å². The molecule has 0 aliphatic heterocycles. The predicted octanol–water partition coefficient (Wildman–Crippen LogP) is -1.38. The van der Waals surface area contributed by atoms with Gasteiger partial charge < -0.3 is 5.11 Å². The van der Waals surface area contributed by atoms with E-state index in [0.29, 0.717) is 0 Å². The summed E-state index contributed by atoms with van der Waals surface area (Å²) in [5.41, 5.74) is 0. The van der Waals surface area contributed by atoms with Crippen molar-refractivity contribution in [2.24, 2.45) is 0 Å². The molecule has 0 aliphatic rings. The van der Waals surface area contributed by atoms with Crippen molar-refractivity contribution in [3.8, 4) is 0 Å². The summed E-state index contributed by atoms with van der Waals surface area (Å²) in [5, 5.41) is 7.35. The molecule has 0 bridgehead atoms. The Kier molecular flexibility index (Phi) is 8.11. The Morgan fingerprint density at radius 3 is 1.83 bits per heavy atom. The summed E-state index contributed by atoms with van der Waals surface area (Å²) in [6.07, 6.45) is -0.167. The van der Waals surface area contributed by atoms with Crippen molar-refractivity contribution in [3.05, 3.63) is 0 Å². The second-order valence-corrected chi connectivity index (χ2v) is 0.456. The third-order valence-electron chi connectivity index (χ3n) is 0.101. The fourth-order valence-corrected chi connectivity index (χ4v) is 0. The molecule has 0 spiro atoms. The zero-order chi connectivity index (χ0) is 4.28. The Hall–Kier alpha value is 0.140. The van der Waals surface area contributed by atoms with E-state index >= 15 is 0 Å². The van der Waals surface area contributed by atoms with E-state index in [1.807, 2.05) is 0 Å². The Morgan fingerprint density at radius 2 is 1.83 bits per heavy atom. The van der Waals surface area contributed by atoms with E-state index < -0.39 is 5.97 Å². The fourth-order valence-electron chi connectivity index (χ4n) is 0. The van der Waals surface area contributed by atoms with Crippen molar-refractivity contribution < 1.29 is 14.7 Å². The number of carboxylic acid groups (broad SMARTS) is 1.